The SMILES string of the molecule is CN(C)c1ccc(C(=O)Nc2ccc(Cl)c(O)c2)cc1. The second-order valence-electron chi connectivity index (χ2n) is 4.56. The van der Waals surface area contributed by atoms with Crippen LogP contribution in [0.3, 0.4) is 0 Å². The van der Waals surface area contributed by atoms with E-state index in [-0.39, 0.29) is 16.7 Å². The van der Waals surface area contributed by atoms with Gasteiger partial charge in [0.15, 0.2) is 0 Å². The third kappa shape index (κ3) is 3.22. The van der Waals surface area contributed by atoms with Crippen molar-refractivity contribution in [2.75, 3.05) is 24.3 Å². The van der Waals surface area contributed by atoms with Gasteiger partial charge in [0.1, 0.15) is 5.75 Å². The van der Waals surface area contributed by atoms with Crippen LogP contribution in [0.2, 0.25) is 5.02 Å². The number of phenols is 1. The highest BCUT2D eigenvalue weighted by molar-refractivity contribution is 6.32. The quantitative estimate of drug-likeness (QED) is 0.911. The molecule has 0 saturated heterocycles. The second kappa shape index (κ2) is 5.84. The minimum Gasteiger partial charge on any atom is -0.506 e. The molecule has 2 rings (SSSR count). The Bertz CT molecular complexity index is 624. The summed E-state index contributed by atoms with van der Waals surface area (Å²) in [5.74, 6) is -0.301. The summed E-state index contributed by atoms with van der Waals surface area (Å²) >= 11 is 5.71. The predicted octanol–water partition coefficient (Wildman–Crippen LogP) is 3.36. The van der Waals surface area contributed by atoms with Crippen LogP contribution in [0.4, 0.5) is 11.4 Å². The lowest BCUT2D eigenvalue weighted by molar-refractivity contribution is 0.102. The van der Waals surface area contributed by atoms with Crippen LogP contribution in [0.25, 0.3) is 0 Å². The maximum absolute atomic E-state index is 12.1. The number of hydrogen-bond donors (Lipinski definition) is 2. The maximum atomic E-state index is 12.1. The molecule has 0 aliphatic heterocycles. The van der Waals surface area contributed by atoms with E-state index in [1.807, 2.05) is 31.1 Å². The van der Waals surface area contributed by atoms with Gasteiger partial charge in [-0.1, -0.05) is 11.6 Å². The number of phenolic OH excluding ortho intramolecular Hbond substituents is 1. The number of carbonyl (C=O) groups excluding carboxylic acids is 1. The van der Waals surface area contributed by atoms with E-state index in [1.54, 1.807) is 18.2 Å². The molecule has 0 heterocycles. The summed E-state index contributed by atoms with van der Waals surface area (Å²) in [4.78, 5) is 14.0. The Balaban J connectivity index is 2.13. The second-order valence-corrected chi connectivity index (χ2v) is 4.97. The average molecular weight is 291 g/mol. The minimum atomic E-state index is -0.239. The van der Waals surface area contributed by atoms with Crippen LogP contribution in [-0.4, -0.2) is 25.1 Å². The molecule has 0 radical (unpaired) electrons. The largest absolute Gasteiger partial charge is 0.506 e. The van der Waals surface area contributed by atoms with Gasteiger partial charge in [-0.3, -0.25) is 4.79 Å². The highest BCUT2D eigenvalue weighted by Crippen LogP contribution is 2.26. The van der Waals surface area contributed by atoms with Crippen molar-refractivity contribution >= 4 is 28.9 Å². The fourth-order valence-electron chi connectivity index (χ4n) is 1.70. The Morgan fingerprint density at radius 1 is 1.15 bits per heavy atom. The van der Waals surface area contributed by atoms with Crippen molar-refractivity contribution in [3.8, 4) is 5.75 Å². The van der Waals surface area contributed by atoms with Crippen molar-refractivity contribution in [3.05, 3.63) is 53.1 Å². The molecule has 104 valence electrons. The first-order chi connectivity index (χ1) is 9.47. The van der Waals surface area contributed by atoms with E-state index in [9.17, 15) is 9.90 Å². The van der Waals surface area contributed by atoms with E-state index < -0.39 is 0 Å². The first-order valence-corrected chi connectivity index (χ1v) is 6.42. The third-order valence-corrected chi connectivity index (χ3v) is 3.17. The van der Waals surface area contributed by atoms with Gasteiger partial charge in [-0.15, -0.1) is 0 Å². The number of aromatic hydroxyl groups is 1. The lowest BCUT2D eigenvalue weighted by Gasteiger charge is -2.12. The van der Waals surface area contributed by atoms with Gasteiger partial charge in [-0.2, -0.15) is 0 Å². The molecule has 2 N–H and O–H groups in total. The zero-order valence-corrected chi connectivity index (χ0v) is 12.0. The number of hydrogen-bond acceptors (Lipinski definition) is 3. The van der Waals surface area contributed by atoms with E-state index >= 15 is 0 Å². The monoisotopic (exact) mass is 290 g/mol. The Morgan fingerprint density at radius 2 is 1.80 bits per heavy atom. The minimum absolute atomic E-state index is 0.0626. The van der Waals surface area contributed by atoms with Gasteiger partial charge in [0, 0.05) is 37.1 Å². The first-order valence-electron chi connectivity index (χ1n) is 6.04. The summed E-state index contributed by atoms with van der Waals surface area (Å²) in [5.41, 5.74) is 2.06. The first kappa shape index (κ1) is 14.2. The number of carbonyl (C=O) groups is 1. The zero-order chi connectivity index (χ0) is 14.7. The Labute approximate surface area is 122 Å². The molecule has 20 heavy (non-hydrogen) atoms. The molecule has 5 heteroatoms. The molecule has 2 aromatic carbocycles. The Kier molecular flexibility index (Phi) is 4.15. The van der Waals surface area contributed by atoms with Crippen LogP contribution in [0.1, 0.15) is 10.4 Å². The predicted molar refractivity (Wildman–Crippen MR) is 81.8 cm³/mol. The van der Waals surface area contributed by atoms with Crippen molar-refractivity contribution in [3.63, 3.8) is 0 Å². The maximum Gasteiger partial charge on any atom is 0.255 e. The van der Waals surface area contributed by atoms with Crippen molar-refractivity contribution in [1.29, 1.82) is 0 Å². The summed E-state index contributed by atoms with van der Waals surface area (Å²) in [6.07, 6.45) is 0. The number of nitrogens with zero attached hydrogens (tertiary/aromatic N) is 1. The molecular weight excluding hydrogens is 276 g/mol. The number of benzene rings is 2. The van der Waals surface area contributed by atoms with Crippen LogP contribution in [0.15, 0.2) is 42.5 Å². The molecule has 0 saturated carbocycles. The van der Waals surface area contributed by atoms with E-state index in [0.717, 1.165) is 5.69 Å². The normalized spacial score (nSPS) is 10.2. The molecule has 0 unspecified atom stereocenters. The smallest absolute Gasteiger partial charge is 0.255 e. The molecule has 2 aromatic rings. The molecule has 4 nitrogen and oxygen atoms in total. The Morgan fingerprint density at radius 3 is 2.35 bits per heavy atom. The zero-order valence-electron chi connectivity index (χ0n) is 11.2. The molecule has 0 aliphatic carbocycles. The third-order valence-electron chi connectivity index (χ3n) is 2.85. The van der Waals surface area contributed by atoms with Crippen molar-refractivity contribution in [2.24, 2.45) is 0 Å². The number of rotatable bonds is 3. The fraction of sp³-hybridized carbons (Fsp3) is 0.133. The highest BCUT2D eigenvalue weighted by Gasteiger charge is 2.08. The molecule has 0 bridgehead atoms. The molecule has 0 aliphatic rings. The molecule has 0 aromatic heterocycles. The van der Waals surface area contributed by atoms with Gasteiger partial charge in [-0.25, -0.2) is 0 Å². The number of anilines is 2. The van der Waals surface area contributed by atoms with Gasteiger partial charge in [0.25, 0.3) is 5.91 Å². The molecule has 0 fully saturated rings. The average Bonchev–Trinajstić information content (AvgIpc) is 2.43. The van der Waals surface area contributed by atoms with Gasteiger partial charge in [-0.05, 0) is 36.4 Å². The van der Waals surface area contributed by atoms with Gasteiger partial charge in [0.2, 0.25) is 0 Å². The fourth-order valence-corrected chi connectivity index (χ4v) is 1.82. The number of amides is 1. The molecule has 0 atom stereocenters. The van der Waals surface area contributed by atoms with Crippen LogP contribution < -0.4 is 10.2 Å². The topological polar surface area (TPSA) is 52.6 Å². The summed E-state index contributed by atoms with van der Waals surface area (Å²) < 4.78 is 0. The molecule has 0 spiro atoms. The van der Waals surface area contributed by atoms with Gasteiger partial charge in [0.05, 0.1) is 5.02 Å². The lowest BCUT2D eigenvalue weighted by atomic mass is 10.2. The summed E-state index contributed by atoms with van der Waals surface area (Å²) in [7, 11) is 3.87. The highest BCUT2D eigenvalue weighted by atomic mass is 35.5. The van der Waals surface area contributed by atoms with Crippen molar-refractivity contribution < 1.29 is 9.90 Å². The Hall–Kier alpha value is -2.20. The standard InChI is InChI=1S/C15H15ClN2O2/c1-18(2)12-6-3-10(4-7-12)15(20)17-11-5-8-13(16)14(19)9-11/h3-9,19H,1-2H3,(H,17,20). The molecular formula is C15H15ClN2O2. The van der Waals surface area contributed by atoms with Crippen molar-refractivity contribution in [1.82, 2.24) is 0 Å². The van der Waals surface area contributed by atoms with Crippen molar-refractivity contribution in [2.45, 2.75) is 0 Å². The number of halogens is 1. The van der Waals surface area contributed by atoms with Crippen LogP contribution in [0, 0.1) is 0 Å². The summed E-state index contributed by atoms with van der Waals surface area (Å²) in [6.45, 7) is 0. The van der Waals surface area contributed by atoms with E-state index in [0.29, 0.717) is 11.3 Å². The van der Waals surface area contributed by atoms with E-state index in [4.69, 9.17) is 11.6 Å². The van der Waals surface area contributed by atoms with Gasteiger partial charge < -0.3 is 15.3 Å². The van der Waals surface area contributed by atoms with Crippen LogP contribution >= 0.6 is 11.6 Å². The van der Waals surface area contributed by atoms with Crippen LogP contribution in [0.5, 0.6) is 5.75 Å². The molecule has 1 amide bonds. The lowest BCUT2D eigenvalue weighted by Crippen LogP contribution is -2.13. The van der Waals surface area contributed by atoms with Gasteiger partial charge >= 0.3 is 0 Å². The summed E-state index contributed by atoms with van der Waals surface area (Å²) in [6, 6.07) is 11.8. The number of nitrogens with one attached hydrogen (secondary N) is 1. The summed E-state index contributed by atoms with van der Waals surface area (Å²) in [5, 5.41) is 12.4. The van der Waals surface area contributed by atoms with E-state index in [2.05, 4.69) is 5.32 Å². The van der Waals surface area contributed by atoms with E-state index in [1.165, 1.54) is 12.1 Å². The van der Waals surface area contributed by atoms with Crippen LogP contribution in [-0.2, 0) is 0 Å².